The summed E-state index contributed by atoms with van der Waals surface area (Å²) >= 11 is 9.15. The predicted octanol–water partition coefficient (Wildman–Crippen LogP) is 4.38. The maximum atomic E-state index is 5.74. The molecule has 0 fully saturated rings. The molecule has 0 unspecified atom stereocenters. The second-order valence-corrected chi connectivity index (χ2v) is 4.29. The Morgan fingerprint density at radius 1 is 1.25 bits per heavy atom. The first kappa shape index (κ1) is 11.4. The number of aromatic nitrogens is 1. The third-order valence-electron chi connectivity index (χ3n) is 2.00. The molecule has 0 aliphatic rings. The third-order valence-corrected chi connectivity index (χ3v) is 2.97. The van der Waals surface area contributed by atoms with Crippen molar-refractivity contribution in [2.45, 2.75) is 5.88 Å². The lowest BCUT2D eigenvalue weighted by atomic mass is 10.3. The van der Waals surface area contributed by atoms with Crippen LogP contribution >= 0.6 is 27.5 Å². The molecular formula is C12H9BrClNO. The van der Waals surface area contributed by atoms with Crippen molar-refractivity contribution in [2.75, 3.05) is 0 Å². The molecule has 1 heterocycles. The number of ether oxygens (including phenoxy) is 1. The first-order valence-electron chi connectivity index (χ1n) is 4.73. The summed E-state index contributed by atoms with van der Waals surface area (Å²) in [7, 11) is 0. The van der Waals surface area contributed by atoms with Crippen molar-refractivity contribution in [3.63, 3.8) is 0 Å². The van der Waals surface area contributed by atoms with Crippen LogP contribution < -0.4 is 4.74 Å². The molecule has 0 bridgehead atoms. The highest BCUT2D eigenvalue weighted by atomic mass is 79.9. The Labute approximate surface area is 107 Å². The Balaban J connectivity index is 2.24. The second-order valence-electron chi connectivity index (χ2n) is 3.17. The van der Waals surface area contributed by atoms with Crippen LogP contribution in [-0.2, 0) is 5.88 Å². The van der Waals surface area contributed by atoms with Gasteiger partial charge < -0.3 is 4.74 Å². The van der Waals surface area contributed by atoms with Crippen molar-refractivity contribution < 1.29 is 4.74 Å². The molecule has 0 saturated heterocycles. The minimum atomic E-state index is 0.453. The Kier molecular flexibility index (Phi) is 3.80. The van der Waals surface area contributed by atoms with Crippen LogP contribution in [0.4, 0.5) is 0 Å². The number of halogens is 2. The first-order valence-corrected chi connectivity index (χ1v) is 6.05. The summed E-state index contributed by atoms with van der Waals surface area (Å²) in [5, 5.41) is 0. The van der Waals surface area contributed by atoms with E-state index in [1.165, 1.54) is 0 Å². The molecule has 0 radical (unpaired) electrons. The summed E-state index contributed by atoms with van der Waals surface area (Å²) in [4.78, 5) is 4.12. The lowest BCUT2D eigenvalue weighted by Gasteiger charge is -2.06. The molecule has 16 heavy (non-hydrogen) atoms. The van der Waals surface area contributed by atoms with Gasteiger partial charge in [0.25, 0.3) is 0 Å². The normalized spacial score (nSPS) is 10.1. The van der Waals surface area contributed by atoms with Gasteiger partial charge in [-0.2, -0.15) is 0 Å². The molecular weight excluding hydrogens is 289 g/mol. The van der Waals surface area contributed by atoms with Crippen LogP contribution in [-0.4, -0.2) is 4.98 Å². The van der Waals surface area contributed by atoms with Gasteiger partial charge in [-0.1, -0.05) is 12.1 Å². The fourth-order valence-corrected chi connectivity index (χ4v) is 1.76. The monoisotopic (exact) mass is 297 g/mol. The lowest BCUT2D eigenvalue weighted by molar-refractivity contribution is 0.459. The number of alkyl halides is 1. The van der Waals surface area contributed by atoms with E-state index in [1.807, 2.05) is 36.4 Å². The third kappa shape index (κ3) is 2.74. The second kappa shape index (κ2) is 5.32. The van der Waals surface area contributed by atoms with E-state index in [0.29, 0.717) is 11.8 Å². The van der Waals surface area contributed by atoms with E-state index in [9.17, 15) is 0 Å². The van der Waals surface area contributed by atoms with Crippen LogP contribution in [0.2, 0.25) is 0 Å². The summed E-state index contributed by atoms with van der Waals surface area (Å²) < 4.78 is 6.53. The van der Waals surface area contributed by atoms with Crippen molar-refractivity contribution in [1.29, 1.82) is 0 Å². The molecule has 82 valence electrons. The highest BCUT2D eigenvalue weighted by Gasteiger charge is 2.03. The van der Waals surface area contributed by atoms with Crippen LogP contribution in [0.1, 0.15) is 5.56 Å². The quantitative estimate of drug-likeness (QED) is 0.785. The smallest absolute Gasteiger partial charge is 0.219 e. The van der Waals surface area contributed by atoms with Crippen LogP contribution in [0, 0.1) is 0 Å². The Morgan fingerprint density at radius 3 is 2.81 bits per heavy atom. The molecule has 2 rings (SSSR count). The average Bonchev–Trinajstić information content (AvgIpc) is 2.32. The molecule has 0 saturated carbocycles. The number of hydrogen-bond acceptors (Lipinski definition) is 2. The molecule has 1 aromatic carbocycles. The molecule has 2 nitrogen and oxygen atoms in total. The number of pyridine rings is 1. The Bertz CT molecular complexity index is 490. The molecule has 0 N–H and O–H groups in total. The highest BCUT2D eigenvalue weighted by molar-refractivity contribution is 9.10. The summed E-state index contributed by atoms with van der Waals surface area (Å²) in [6.07, 6.45) is 1.68. The average molecular weight is 299 g/mol. The van der Waals surface area contributed by atoms with Gasteiger partial charge in [-0.3, -0.25) is 0 Å². The molecule has 1 aromatic heterocycles. The van der Waals surface area contributed by atoms with E-state index >= 15 is 0 Å². The zero-order valence-electron chi connectivity index (χ0n) is 8.36. The highest BCUT2D eigenvalue weighted by Crippen LogP contribution is 2.28. The molecule has 0 spiro atoms. The van der Waals surface area contributed by atoms with Crippen molar-refractivity contribution in [1.82, 2.24) is 4.98 Å². The van der Waals surface area contributed by atoms with Gasteiger partial charge in [-0.25, -0.2) is 4.98 Å². The molecule has 4 heteroatoms. The molecule has 0 aliphatic carbocycles. The van der Waals surface area contributed by atoms with E-state index in [0.717, 1.165) is 15.8 Å². The molecule has 0 amide bonds. The zero-order valence-corrected chi connectivity index (χ0v) is 10.7. The van der Waals surface area contributed by atoms with Crippen molar-refractivity contribution in [3.05, 3.63) is 52.6 Å². The number of hydrogen-bond donors (Lipinski definition) is 0. The maximum absolute atomic E-state index is 5.74. The van der Waals surface area contributed by atoms with Crippen LogP contribution in [0.3, 0.4) is 0 Å². The summed E-state index contributed by atoms with van der Waals surface area (Å²) in [6, 6.07) is 11.3. The number of rotatable bonds is 3. The number of nitrogens with zero attached hydrogens (tertiary/aromatic N) is 1. The fraction of sp³-hybridized carbons (Fsp3) is 0.0833. The summed E-state index contributed by atoms with van der Waals surface area (Å²) in [5.41, 5.74) is 0.985. The SMILES string of the molecule is ClCc1ccnc(Oc2ccccc2Br)c1. The maximum Gasteiger partial charge on any atom is 0.219 e. The molecule has 2 aromatic rings. The first-order chi connectivity index (χ1) is 7.79. The van der Waals surface area contributed by atoms with E-state index < -0.39 is 0 Å². The van der Waals surface area contributed by atoms with Gasteiger partial charge in [0.05, 0.1) is 4.47 Å². The van der Waals surface area contributed by atoms with Gasteiger partial charge in [-0.15, -0.1) is 11.6 Å². The number of benzene rings is 1. The topological polar surface area (TPSA) is 22.1 Å². The van der Waals surface area contributed by atoms with Gasteiger partial charge in [0.2, 0.25) is 5.88 Å². The standard InChI is InChI=1S/C12H9BrClNO/c13-10-3-1-2-4-11(10)16-12-7-9(8-14)5-6-15-12/h1-7H,8H2. The summed E-state index contributed by atoms with van der Waals surface area (Å²) in [6.45, 7) is 0. The van der Waals surface area contributed by atoms with Gasteiger partial charge in [0.1, 0.15) is 5.75 Å². The van der Waals surface area contributed by atoms with Crippen LogP contribution in [0.25, 0.3) is 0 Å². The minimum absolute atomic E-state index is 0.453. The van der Waals surface area contributed by atoms with Crippen molar-refractivity contribution >= 4 is 27.5 Å². The van der Waals surface area contributed by atoms with Gasteiger partial charge in [0.15, 0.2) is 0 Å². The molecule has 0 atom stereocenters. The van der Waals surface area contributed by atoms with Gasteiger partial charge in [0, 0.05) is 18.1 Å². The van der Waals surface area contributed by atoms with E-state index in [4.69, 9.17) is 16.3 Å². The van der Waals surface area contributed by atoms with E-state index in [2.05, 4.69) is 20.9 Å². The van der Waals surface area contributed by atoms with Gasteiger partial charge >= 0.3 is 0 Å². The van der Waals surface area contributed by atoms with E-state index in [1.54, 1.807) is 6.20 Å². The Morgan fingerprint density at radius 2 is 2.06 bits per heavy atom. The van der Waals surface area contributed by atoms with Crippen LogP contribution in [0.15, 0.2) is 47.1 Å². The Hall–Kier alpha value is -1.06. The molecule has 0 aliphatic heterocycles. The summed E-state index contributed by atoms with van der Waals surface area (Å²) in [5.74, 6) is 1.74. The van der Waals surface area contributed by atoms with E-state index in [-0.39, 0.29) is 0 Å². The lowest BCUT2D eigenvalue weighted by Crippen LogP contribution is -1.89. The minimum Gasteiger partial charge on any atom is -0.438 e. The van der Waals surface area contributed by atoms with Gasteiger partial charge in [-0.05, 0) is 39.7 Å². The fourth-order valence-electron chi connectivity index (χ4n) is 1.23. The largest absolute Gasteiger partial charge is 0.438 e. The predicted molar refractivity (Wildman–Crippen MR) is 68.0 cm³/mol. The van der Waals surface area contributed by atoms with Crippen molar-refractivity contribution in [3.8, 4) is 11.6 Å². The number of para-hydroxylation sites is 1. The van der Waals surface area contributed by atoms with Crippen molar-refractivity contribution in [2.24, 2.45) is 0 Å². The van der Waals surface area contributed by atoms with Crippen LogP contribution in [0.5, 0.6) is 11.6 Å². The zero-order chi connectivity index (χ0) is 11.4.